The number of hydrogen-bond acceptors (Lipinski definition) is 2. The highest BCUT2D eigenvalue weighted by molar-refractivity contribution is 5.70. The molecule has 0 aliphatic heterocycles. The summed E-state index contributed by atoms with van der Waals surface area (Å²) in [6, 6.07) is 3.98. The Hall–Kier alpha value is -1.31. The minimum Gasteiger partial charge on any atom is -0.426 e. The Bertz CT molecular complexity index is 381. The Balaban J connectivity index is 3.25. The Morgan fingerprint density at radius 1 is 1.06 bits per heavy atom. The van der Waals surface area contributed by atoms with E-state index in [4.69, 9.17) is 4.74 Å². The lowest BCUT2D eigenvalue weighted by Crippen LogP contribution is -2.07. The molecule has 2 heteroatoms. The number of carbonyl (C=O) groups excluding carboxylic acids is 1. The molecule has 0 fully saturated rings. The molecule has 0 amide bonds. The molecule has 0 N–H and O–H groups in total. The molecule has 0 aliphatic rings. The molecule has 0 aliphatic carbocycles. The molecule has 88 valence electrons. The predicted molar refractivity (Wildman–Crippen MR) is 65.9 cm³/mol. The van der Waals surface area contributed by atoms with Crippen molar-refractivity contribution in [2.24, 2.45) is 0 Å². The van der Waals surface area contributed by atoms with Gasteiger partial charge in [0.05, 0.1) is 0 Å². The average molecular weight is 220 g/mol. The van der Waals surface area contributed by atoms with Crippen LogP contribution in [0.5, 0.6) is 5.75 Å². The third-order valence-corrected chi connectivity index (χ3v) is 2.83. The standard InChI is InChI=1S/C14H20O2/c1-5-11-8-9-14(16-10(4)15)13(7-3)12(11)6-2/h8-9H,5-7H2,1-4H3. The molecule has 0 atom stereocenters. The number of aryl methyl sites for hydroxylation is 1. The molecule has 0 saturated carbocycles. The molecule has 16 heavy (non-hydrogen) atoms. The first-order chi connectivity index (χ1) is 7.63. The summed E-state index contributed by atoms with van der Waals surface area (Å²) in [5.41, 5.74) is 3.87. The lowest BCUT2D eigenvalue weighted by Gasteiger charge is -2.15. The number of esters is 1. The molecule has 0 saturated heterocycles. The van der Waals surface area contributed by atoms with E-state index in [0.717, 1.165) is 25.0 Å². The van der Waals surface area contributed by atoms with Crippen molar-refractivity contribution in [2.75, 3.05) is 0 Å². The van der Waals surface area contributed by atoms with Gasteiger partial charge in [-0.3, -0.25) is 4.79 Å². The molecular formula is C14H20O2. The van der Waals surface area contributed by atoms with Crippen molar-refractivity contribution in [3.8, 4) is 5.75 Å². The van der Waals surface area contributed by atoms with Crippen molar-refractivity contribution in [2.45, 2.75) is 47.0 Å². The van der Waals surface area contributed by atoms with Crippen LogP contribution >= 0.6 is 0 Å². The minimum absolute atomic E-state index is 0.249. The van der Waals surface area contributed by atoms with Gasteiger partial charge in [0.25, 0.3) is 0 Å². The van der Waals surface area contributed by atoms with Gasteiger partial charge in [-0.2, -0.15) is 0 Å². The highest BCUT2D eigenvalue weighted by Gasteiger charge is 2.11. The Morgan fingerprint density at radius 3 is 2.12 bits per heavy atom. The molecule has 1 aromatic rings. The van der Waals surface area contributed by atoms with E-state index in [9.17, 15) is 4.79 Å². The van der Waals surface area contributed by atoms with Crippen molar-refractivity contribution in [1.82, 2.24) is 0 Å². The maximum Gasteiger partial charge on any atom is 0.308 e. The van der Waals surface area contributed by atoms with Gasteiger partial charge in [-0.25, -0.2) is 0 Å². The zero-order chi connectivity index (χ0) is 12.1. The van der Waals surface area contributed by atoms with Crippen LogP contribution in [0.25, 0.3) is 0 Å². The van der Waals surface area contributed by atoms with Crippen LogP contribution < -0.4 is 4.74 Å². The first-order valence-corrected chi connectivity index (χ1v) is 5.96. The second-order valence-electron chi connectivity index (χ2n) is 3.83. The van der Waals surface area contributed by atoms with Gasteiger partial charge in [-0.05, 0) is 42.0 Å². The van der Waals surface area contributed by atoms with E-state index in [0.29, 0.717) is 0 Å². The second kappa shape index (κ2) is 5.69. The molecular weight excluding hydrogens is 200 g/mol. The maximum atomic E-state index is 11.0. The molecule has 0 radical (unpaired) electrons. The van der Waals surface area contributed by atoms with Gasteiger partial charge in [0.2, 0.25) is 0 Å². The average Bonchev–Trinajstić information content (AvgIpc) is 2.27. The first-order valence-electron chi connectivity index (χ1n) is 5.96. The molecule has 1 aromatic carbocycles. The Morgan fingerprint density at radius 2 is 1.69 bits per heavy atom. The van der Waals surface area contributed by atoms with Crippen LogP contribution in [0.15, 0.2) is 12.1 Å². The molecule has 0 spiro atoms. The smallest absolute Gasteiger partial charge is 0.308 e. The second-order valence-corrected chi connectivity index (χ2v) is 3.83. The quantitative estimate of drug-likeness (QED) is 0.575. The first kappa shape index (κ1) is 12.8. The monoisotopic (exact) mass is 220 g/mol. The van der Waals surface area contributed by atoms with Gasteiger partial charge >= 0.3 is 5.97 Å². The predicted octanol–water partition coefficient (Wildman–Crippen LogP) is 3.30. The van der Waals surface area contributed by atoms with Crippen LogP contribution in [0.3, 0.4) is 0 Å². The third-order valence-electron chi connectivity index (χ3n) is 2.83. The van der Waals surface area contributed by atoms with Crippen molar-refractivity contribution >= 4 is 5.97 Å². The van der Waals surface area contributed by atoms with Gasteiger partial charge in [0.1, 0.15) is 5.75 Å². The van der Waals surface area contributed by atoms with E-state index >= 15 is 0 Å². The summed E-state index contributed by atoms with van der Waals surface area (Å²) in [6.45, 7) is 7.84. The third kappa shape index (κ3) is 2.63. The number of ether oxygens (including phenoxy) is 1. The summed E-state index contributed by atoms with van der Waals surface area (Å²) in [4.78, 5) is 11.0. The summed E-state index contributed by atoms with van der Waals surface area (Å²) < 4.78 is 5.24. The van der Waals surface area contributed by atoms with Crippen LogP contribution in [0.1, 0.15) is 44.4 Å². The Labute approximate surface area is 97.6 Å². The number of rotatable bonds is 4. The number of benzene rings is 1. The van der Waals surface area contributed by atoms with E-state index in [2.05, 4.69) is 26.8 Å². The molecule has 0 aromatic heterocycles. The zero-order valence-electron chi connectivity index (χ0n) is 10.6. The van der Waals surface area contributed by atoms with E-state index in [1.54, 1.807) is 0 Å². The van der Waals surface area contributed by atoms with E-state index in [-0.39, 0.29) is 5.97 Å². The minimum atomic E-state index is -0.249. The maximum absolute atomic E-state index is 11.0. The van der Waals surface area contributed by atoms with Crippen LogP contribution in [0, 0.1) is 0 Å². The van der Waals surface area contributed by atoms with Crippen LogP contribution in [-0.4, -0.2) is 5.97 Å². The molecule has 0 bridgehead atoms. The number of hydrogen-bond donors (Lipinski definition) is 0. The molecule has 0 unspecified atom stereocenters. The highest BCUT2D eigenvalue weighted by Crippen LogP contribution is 2.27. The summed E-state index contributed by atoms with van der Waals surface area (Å²) in [5, 5.41) is 0. The lowest BCUT2D eigenvalue weighted by molar-refractivity contribution is -0.131. The normalized spacial score (nSPS) is 10.2. The summed E-state index contributed by atoms with van der Waals surface area (Å²) in [6.07, 6.45) is 2.91. The van der Waals surface area contributed by atoms with Crippen molar-refractivity contribution in [1.29, 1.82) is 0 Å². The summed E-state index contributed by atoms with van der Waals surface area (Å²) in [7, 11) is 0. The van der Waals surface area contributed by atoms with Gasteiger partial charge in [0, 0.05) is 6.92 Å². The molecule has 1 rings (SSSR count). The van der Waals surface area contributed by atoms with Gasteiger partial charge in [-0.1, -0.05) is 26.8 Å². The van der Waals surface area contributed by atoms with Gasteiger partial charge in [0.15, 0.2) is 0 Å². The van der Waals surface area contributed by atoms with Crippen LogP contribution in [0.2, 0.25) is 0 Å². The largest absolute Gasteiger partial charge is 0.426 e. The van der Waals surface area contributed by atoms with E-state index in [1.165, 1.54) is 23.6 Å². The topological polar surface area (TPSA) is 26.3 Å². The van der Waals surface area contributed by atoms with Crippen molar-refractivity contribution in [3.05, 3.63) is 28.8 Å². The van der Waals surface area contributed by atoms with E-state index in [1.807, 2.05) is 6.07 Å². The van der Waals surface area contributed by atoms with Crippen LogP contribution in [0.4, 0.5) is 0 Å². The molecule has 2 nitrogen and oxygen atoms in total. The highest BCUT2D eigenvalue weighted by atomic mass is 16.5. The van der Waals surface area contributed by atoms with Crippen molar-refractivity contribution < 1.29 is 9.53 Å². The van der Waals surface area contributed by atoms with Gasteiger partial charge < -0.3 is 4.74 Å². The fraction of sp³-hybridized carbons (Fsp3) is 0.500. The molecule has 0 heterocycles. The Kier molecular flexibility index (Phi) is 4.53. The van der Waals surface area contributed by atoms with E-state index < -0.39 is 0 Å². The number of carbonyl (C=O) groups is 1. The zero-order valence-corrected chi connectivity index (χ0v) is 10.6. The lowest BCUT2D eigenvalue weighted by atomic mass is 9.95. The fourth-order valence-corrected chi connectivity index (χ4v) is 2.13. The summed E-state index contributed by atoms with van der Waals surface area (Å²) >= 11 is 0. The van der Waals surface area contributed by atoms with Crippen LogP contribution in [-0.2, 0) is 24.1 Å². The fourth-order valence-electron chi connectivity index (χ4n) is 2.13. The SMILES string of the molecule is CCc1ccc(OC(C)=O)c(CC)c1CC. The van der Waals surface area contributed by atoms with Gasteiger partial charge in [-0.15, -0.1) is 0 Å². The van der Waals surface area contributed by atoms with Crippen molar-refractivity contribution in [3.63, 3.8) is 0 Å². The summed E-state index contributed by atoms with van der Waals surface area (Å²) in [5.74, 6) is 0.477.